The molecule has 4 heteroatoms. The summed E-state index contributed by atoms with van der Waals surface area (Å²) in [5.41, 5.74) is 1.86. The van der Waals surface area contributed by atoms with Crippen LogP contribution in [-0.4, -0.2) is 19.0 Å². The Kier molecular flexibility index (Phi) is 2.82. The minimum Gasteiger partial charge on any atom is -0.383 e. The minimum atomic E-state index is 0.0576. The van der Waals surface area contributed by atoms with Crippen molar-refractivity contribution in [3.63, 3.8) is 0 Å². The van der Waals surface area contributed by atoms with E-state index < -0.39 is 0 Å². The number of hydrogen-bond acceptors (Lipinski definition) is 2. The number of anilines is 2. The van der Waals surface area contributed by atoms with Crippen molar-refractivity contribution in [2.45, 2.75) is 13.3 Å². The van der Waals surface area contributed by atoms with Crippen LogP contribution in [0.25, 0.3) is 0 Å². The Balaban J connectivity index is 2.46. The van der Waals surface area contributed by atoms with Gasteiger partial charge in [0.15, 0.2) is 0 Å². The average molecular weight is 225 g/mol. The third kappa shape index (κ3) is 2.07. The molecule has 0 aromatic heterocycles. The van der Waals surface area contributed by atoms with Gasteiger partial charge in [0.05, 0.1) is 11.4 Å². The van der Waals surface area contributed by atoms with Crippen LogP contribution < -0.4 is 10.2 Å². The second kappa shape index (κ2) is 4.11. The van der Waals surface area contributed by atoms with Gasteiger partial charge in [-0.25, -0.2) is 0 Å². The number of halogens is 1. The predicted molar refractivity (Wildman–Crippen MR) is 62.6 cm³/mol. The number of carbonyl (C=O) groups is 1. The Morgan fingerprint density at radius 3 is 3.07 bits per heavy atom. The highest BCUT2D eigenvalue weighted by Gasteiger charge is 2.18. The second-order valence-corrected chi connectivity index (χ2v) is 4.05. The van der Waals surface area contributed by atoms with Crippen LogP contribution in [0.2, 0.25) is 5.02 Å². The zero-order chi connectivity index (χ0) is 10.8. The van der Waals surface area contributed by atoms with Crippen LogP contribution in [0.4, 0.5) is 11.4 Å². The number of benzene rings is 1. The van der Waals surface area contributed by atoms with Gasteiger partial charge in [0.1, 0.15) is 0 Å². The van der Waals surface area contributed by atoms with Gasteiger partial charge in [0, 0.05) is 25.0 Å². The van der Waals surface area contributed by atoms with Gasteiger partial charge in [-0.05, 0) is 24.6 Å². The minimum absolute atomic E-state index is 0.0576. The van der Waals surface area contributed by atoms with Crippen molar-refractivity contribution in [3.8, 4) is 0 Å². The van der Waals surface area contributed by atoms with Crippen molar-refractivity contribution in [2.75, 3.05) is 23.3 Å². The van der Waals surface area contributed by atoms with E-state index in [-0.39, 0.29) is 5.91 Å². The second-order valence-electron chi connectivity index (χ2n) is 3.61. The highest BCUT2D eigenvalue weighted by atomic mass is 35.5. The molecule has 1 aromatic carbocycles. The lowest BCUT2D eigenvalue weighted by Gasteiger charge is -2.20. The summed E-state index contributed by atoms with van der Waals surface area (Å²) < 4.78 is 0. The van der Waals surface area contributed by atoms with E-state index in [1.807, 2.05) is 18.2 Å². The van der Waals surface area contributed by atoms with Crippen molar-refractivity contribution >= 4 is 28.9 Å². The van der Waals surface area contributed by atoms with Crippen molar-refractivity contribution < 1.29 is 4.79 Å². The van der Waals surface area contributed by atoms with Crippen molar-refractivity contribution in [3.05, 3.63) is 23.2 Å². The first-order chi connectivity index (χ1) is 7.18. The van der Waals surface area contributed by atoms with Crippen LogP contribution in [0.1, 0.15) is 13.3 Å². The molecule has 0 saturated carbocycles. The Hall–Kier alpha value is -1.22. The number of rotatable bonds is 0. The molecule has 15 heavy (non-hydrogen) atoms. The summed E-state index contributed by atoms with van der Waals surface area (Å²) in [6, 6.07) is 5.58. The van der Waals surface area contributed by atoms with E-state index >= 15 is 0 Å². The van der Waals surface area contributed by atoms with Crippen LogP contribution >= 0.6 is 11.6 Å². The lowest BCUT2D eigenvalue weighted by molar-refractivity contribution is -0.116. The Bertz CT molecular complexity index is 392. The molecule has 1 N–H and O–H groups in total. The summed E-state index contributed by atoms with van der Waals surface area (Å²) in [6.45, 7) is 3.21. The third-order valence-electron chi connectivity index (χ3n) is 2.50. The number of hydrogen-bond donors (Lipinski definition) is 1. The molecule has 0 radical (unpaired) electrons. The van der Waals surface area contributed by atoms with E-state index in [9.17, 15) is 4.79 Å². The first kappa shape index (κ1) is 10.3. The van der Waals surface area contributed by atoms with Crippen LogP contribution in [0.5, 0.6) is 0 Å². The molecule has 1 aliphatic heterocycles. The van der Waals surface area contributed by atoms with Gasteiger partial charge in [-0.2, -0.15) is 0 Å². The Labute approximate surface area is 94.0 Å². The van der Waals surface area contributed by atoms with Crippen molar-refractivity contribution in [1.29, 1.82) is 0 Å². The maximum atomic E-state index is 11.5. The highest BCUT2D eigenvalue weighted by Crippen LogP contribution is 2.31. The van der Waals surface area contributed by atoms with Crippen LogP contribution in [-0.2, 0) is 4.79 Å². The van der Waals surface area contributed by atoms with Gasteiger partial charge >= 0.3 is 0 Å². The lowest BCUT2D eigenvalue weighted by atomic mass is 10.2. The monoisotopic (exact) mass is 224 g/mol. The molecular weight excluding hydrogens is 212 g/mol. The molecule has 0 unspecified atom stereocenters. The first-order valence-corrected chi connectivity index (χ1v) is 5.38. The maximum absolute atomic E-state index is 11.5. The topological polar surface area (TPSA) is 32.3 Å². The first-order valence-electron chi connectivity index (χ1n) is 5.00. The van der Waals surface area contributed by atoms with E-state index in [4.69, 9.17) is 11.6 Å². The fraction of sp³-hybridized carbons (Fsp3) is 0.364. The Morgan fingerprint density at radius 1 is 1.53 bits per heavy atom. The van der Waals surface area contributed by atoms with E-state index in [1.165, 1.54) is 0 Å². The third-order valence-corrected chi connectivity index (χ3v) is 2.74. The molecule has 2 rings (SSSR count). The summed E-state index contributed by atoms with van der Waals surface area (Å²) in [7, 11) is 0. The maximum Gasteiger partial charge on any atom is 0.223 e. The molecule has 0 aliphatic carbocycles. The quantitative estimate of drug-likeness (QED) is 0.735. The molecule has 0 atom stereocenters. The molecule has 1 aromatic rings. The molecule has 0 fully saturated rings. The van der Waals surface area contributed by atoms with E-state index in [0.29, 0.717) is 5.02 Å². The van der Waals surface area contributed by atoms with Gasteiger partial charge in [-0.3, -0.25) is 4.79 Å². The molecule has 80 valence electrons. The van der Waals surface area contributed by atoms with Gasteiger partial charge in [0.25, 0.3) is 0 Å². The highest BCUT2D eigenvalue weighted by molar-refractivity contribution is 6.31. The number of nitrogens with one attached hydrogen (secondary N) is 1. The number of nitrogens with zero attached hydrogens (tertiary/aromatic N) is 1. The zero-order valence-electron chi connectivity index (χ0n) is 8.59. The summed E-state index contributed by atoms with van der Waals surface area (Å²) >= 11 is 5.93. The van der Waals surface area contributed by atoms with Gasteiger partial charge < -0.3 is 10.2 Å². The summed E-state index contributed by atoms with van der Waals surface area (Å²) in [5, 5.41) is 3.94. The smallest absolute Gasteiger partial charge is 0.223 e. The molecule has 3 nitrogen and oxygen atoms in total. The molecule has 1 aliphatic rings. The number of amides is 1. The summed E-state index contributed by atoms with van der Waals surface area (Å²) in [6.07, 6.45) is 0.950. The summed E-state index contributed by atoms with van der Waals surface area (Å²) in [5.74, 6) is 0.0576. The zero-order valence-corrected chi connectivity index (χ0v) is 9.34. The van der Waals surface area contributed by atoms with E-state index in [2.05, 4.69) is 5.32 Å². The van der Waals surface area contributed by atoms with Crippen LogP contribution in [0.15, 0.2) is 18.2 Å². The predicted octanol–water partition coefficient (Wildman–Crippen LogP) is 2.51. The fourth-order valence-corrected chi connectivity index (χ4v) is 1.95. The molecule has 0 bridgehead atoms. The van der Waals surface area contributed by atoms with Crippen molar-refractivity contribution in [1.82, 2.24) is 0 Å². The standard InChI is InChI=1S/C11H13ClN2O/c1-8(15)14-6-2-5-13-10-4-3-9(12)7-11(10)14/h3-4,7,13H,2,5-6H2,1H3. The number of fused-ring (bicyclic) bond motifs is 1. The van der Waals surface area contributed by atoms with E-state index in [1.54, 1.807) is 11.8 Å². The molecule has 1 heterocycles. The van der Waals surface area contributed by atoms with Crippen molar-refractivity contribution in [2.24, 2.45) is 0 Å². The van der Waals surface area contributed by atoms with Crippen LogP contribution in [0.3, 0.4) is 0 Å². The largest absolute Gasteiger partial charge is 0.383 e. The normalized spacial score (nSPS) is 15.2. The summed E-state index contributed by atoms with van der Waals surface area (Å²) in [4.78, 5) is 13.2. The number of carbonyl (C=O) groups excluding carboxylic acids is 1. The average Bonchev–Trinajstić information content (AvgIpc) is 2.39. The Morgan fingerprint density at radius 2 is 2.33 bits per heavy atom. The van der Waals surface area contributed by atoms with E-state index in [0.717, 1.165) is 30.9 Å². The van der Waals surface area contributed by atoms with Crippen LogP contribution in [0, 0.1) is 0 Å². The molecule has 0 spiro atoms. The lowest BCUT2D eigenvalue weighted by Crippen LogP contribution is -2.28. The fourth-order valence-electron chi connectivity index (χ4n) is 1.79. The SMILES string of the molecule is CC(=O)N1CCCNc2ccc(Cl)cc21. The van der Waals surface area contributed by atoms with Gasteiger partial charge in [-0.15, -0.1) is 0 Å². The van der Waals surface area contributed by atoms with Gasteiger partial charge in [0.2, 0.25) is 5.91 Å². The molecule has 1 amide bonds. The molecular formula is C11H13ClN2O. The van der Waals surface area contributed by atoms with Gasteiger partial charge in [-0.1, -0.05) is 11.6 Å². The molecule has 0 saturated heterocycles.